The van der Waals surface area contributed by atoms with Gasteiger partial charge in [-0.1, -0.05) is 54.6 Å². The molecule has 1 atom stereocenters. The van der Waals surface area contributed by atoms with Gasteiger partial charge in [0.1, 0.15) is 17.6 Å². The van der Waals surface area contributed by atoms with Crippen LogP contribution in [0, 0.1) is 5.82 Å². The van der Waals surface area contributed by atoms with Gasteiger partial charge in [-0.25, -0.2) is 4.39 Å². The van der Waals surface area contributed by atoms with Gasteiger partial charge in [-0.3, -0.25) is 9.59 Å². The molecule has 1 aliphatic rings. The zero-order chi connectivity index (χ0) is 23.1. The fourth-order valence-corrected chi connectivity index (χ4v) is 4.22. The summed E-state index contributed by atoms with van der Waals surface area (Å²) in [5.74, 6) is -0.635. The first-order valence-corrected chi connectivity index (χ1v) is 11.5. The molecule has 1 aliphatic carbocycles. The maximum absolute atomic E-state index is 13.3. The van der Waals surface area contributed by atoms with E-state index < -0.39 is 6.04 Å². The van der Waals surface area contributed by atoms with E-state index in [4.69, 9.17) is 27.9 Å². The van der Waals surface area contributed by atoms with Gasteiger partial charge in [0.15, 0.2) is 6.61 Å². The summed E-state index contributed by atoms with van der Waals surface area (Å²) in [4.78, 5) is 27.4. The number of nitrogens with zero attached hydrogens (tertiary/aromatic N) is 1. The van der Waals surface area contributed by atoms with E-state index >= 15 is 0 Å². The molecule has 1 fully saturated rings. The maximum atomic E-state index is 13.3. The lowest BCUT2D eigenvalue weighted by atomic mass is 9.95. The van der Waals surface area contributed by atoms with E-state index in [1.165, 1.54) is 29.5 Å². The van der Waals surface area contributed by atoms with E-state index in [-0.39, 0.29) is 36.8 Å². The molecule has 8 heteroatoms. The third-order valence-corrected chi connectivity index (χ3v) is 6.16. The Morgan fingerprint density at radius 2 is 1.81 bits per heavy atom. The quantitative estimate of drug-likeness (QED) is 0.551. The second-order valence-electron chi connectivity index (χ2n) is 8.03. The summed E-state index contributed by atoms with van der Waals surface area (Å²) >= 11 is 12.0. The van der Waals surface area contributed by atoms with Crippen molar-refractivity contribution in [1.82, 2.24) is 10.2 Å². The van der Waals surface area contributed by atoms with E-state index in [2.05, 4.69) is 5.32 Å². The molecule has 0 spiro atoms. The van der Waals surface area contributed by atoms with Crippen LogP contribution in [0.5, 0.6) is 5.75 Å². The first-order valence-electron chi connectivity index (χ1n) is 10.8. The second kappa shape index (κ2) is 11.5. The highest BCUT2D eigenvalue weighted by Crippen LogP contribution is 2.27. The highest BCUT2D eigenvalue weighted by Gasteiger charge is 2.28. The predicted octanol–water partition coefficient (Wildman–Crippen LogP) is 5.38. The van der Waals surface area contributed by atoms with Crippen LogP contribution in [0.1, 0.15) is 44.6 Å². The number of benzene rings is 2. The number of halogens is 3. The van der Waals surface area contributed by atoms with Gasteiger partial charge in [-0.2, -0.15) is 0 Å². The van der Waals surface area contributed by atoms with Crippen LogP contribution >= 0.6 is 23.2 Å². The van der Waals surface area contributed by atoms with Crippen molar-refractivity contribution in [2.45, 2.75) is 57.7 Å². The van der Waals surface area contributed by atoms with E-state index in [1.54, 1.807) is 31.2 Å². The second-order valence-corrected chi connectivity index (χ2v) is 8.87. The Labute approximate surface area is 197 Å². The molecular formula is C24H27Cl2FN2O3. The van der Waals surface area contributed by atoms with Gasteiger partial charge in [0.25, 0.3) is 5.91 Å². The van der Waals surface area contributed by atoms with Crippen molar-refractivity contribution in [2.75, 3.05) is 6.61 Å². The topological polar surface area (TPSA) is 58.6 Å². The molecule has 32 heavy (non-hydrogen) atoms. The molecule has 5 nitrogen and oxygen atoms in total. The molecule has 0 aliphatic heterocycles. The Morgan fingerprint density at radius 3 is 2.47 bits per heavy atom. The Kier molecular flexibility index (Phi) is 8.76. The molecule has 2 aromatic rings. The van der Waals surface area contributed by atoms with Gasteiger partial charge in [0, 0.05) is 17.6 Å². The summed E-state index contributed by atoms with van der Waals surface area (Å²) in [5, 5.41) is 3.82. The number of rotatable bonds is 8. The SMILES string of the molecule is C[C@@H](C(=O)NC1CCCCC1)N(Cc1ccc(F)cc1)C(=O)COc1ccc(Cl)cc1Cl. The molecule has 0 unspecified atom stereocenters. The fourth-order valence-electron chi connectivity index (χ4n) is 3.75. The molecule has 2 aromatic carbocycles. The number of amides is 2. The Balaban J connectivity index is 1.71. The third kappa shape index (κ3) is 6.84. The van der Waals surface area contributed by atoms with Gasteiger partial charge in [-0.05, 0) is 55.7 Å². The molecule has 0 heterocycles. The highest BCUT2D eigenvalue weighted by molar-refractivity contribution is 6.35. The van der Waals surface area contributed by atoms with Crippen LogP contribution in [-0.2, 0) is 16.1 Å². The number of ether oxygens (including phenoxy) is 1. The van der Waals surface area contributed by atoms with Gasteiger partial charge < -0.3 is 15.0 Å². The lowest BCUT2D eigenvalue weighted by molar-refractivity contribution is -0.142. The van der Waals surface area contributed by atoms with Crippen LogP contribution in [0.25, 0.3) is 0 Å². The van der Waals surface area contributed by atoms with Crippen molar-refractivity contribution >= 4 is 35.0 Å². The molecule has 0 saturated heterocycles. The molecule has 0 aromatic heterocycles. The van der Waals surface area contributed by atoms with Crippen molar-refractivity contribution in [1.29, 1.82) is 0 Å². The summed E-state index contributed by atoms with van der Waals surface area (Å²) in [5.41, 5.74) is 0.710. The summed E-state index contributed by atoms with van der Waals surface area (Å²) in [6, 6.07) is 9.98. The van der Waals surface area contributed by atoms with E-state index in [0.29, 0.717) is 21.4 Å². The van der Waals surface area contributed by atoms with Crippen LogP contribution in [0.3, 0.4) is 0 Å². The van der Waals surface area contributed by atoms with Crippen LogP contribution < -0.4 is 10.1 Å². The standard InChI is InChI=1S/C24H27Cl2FN2O3/c1-16(24(31)28-20-5-3-2-4-6-20)29(14-17-7-10-19(27)11-8-17)23(30)15-32-22-12-9-18(25)13-21(22)26/h7-13,16,20H,2-6,14-15H2,1H3,(H,28,31)/t16-/m0/s1. The maximum Gasteiger partial charge on any atom is 0.261 e. The Morgan fingerprint density at radius 1 is 1.12 bits per heavy atom. The Hall–Kier alpha value is -2.31. The molecule has 2 amide bonds. The highest BCUT2D eigenvalue weighted by atomic mass is 35.5. The molecule has 0 radical (unpaired) electrons. The van der Waals surface area contributed by atoms with Crippen molar-refractivity contribution in [2.24, 2.45) is 0 Å². The summed E-state index contributed by atoms with van der Waals surface area (Å²) in [6.45, 7) is 1.54. The van der Waals surface area contributed by atoms with Crippen LogP contribution in [-0.4, -0.2) is 35.4 Å². The molecule has 172 valence electrons. The first kappa shape index (κ1) is 24.3. The van der Waals surface area contributed by atoms with Crippen LogP contribution in [0.4, 0.5) is 4.39 Å². The lowest BCUT2D eigenvalue weighted by Gasteiger charge is -2.31. The van der Waals surface area contributed by atoms with Gasteiger partial charge in [-0.15, -0.1) is 0 Å². The summed E-state index contributed by atoms with van der Waals surface area (Å²) in [7, 11) is 0. The minimum atomic E-state index is -0.723. The van der Waals surface area contributed by atoms with Crippen molar-refractivity contribution < 1.29 is 18.7 Å². The Bertz CT molecular complexity index is 933. The minimum absolute atomic E-state index is 0.130. The van der Waals surface area contributed by atoms with E-state index in [1.807, 2.05) is 0 Å². The average molecular weight is 481 g/mol. The smallest absolute Gasteiger partial charge is 0.261 e. The summed E-state index contributed by atoms with van der Waals surface area (Å²) < 4.78 is 18.9. The molecule has 3 rings (SSSR count). The summed E-state index contributed by atoms with van der Waals surface area (Å²) in [6.07, 6.45) is 5.26. The van der Waals surface area contributed by atoms with E-state index in [0.717, 1.165) is 25.7 Å². The monoisotopic (exact) mass is 480 g/mol. The number of nitrogens with one attached hydrogen (secondary N) is 1. The molecule has 1 saturated carbocycles. The largest absolute Gasteiger partial charge is 0.482 e. The van der Waals surface area contributed by atoms with Gasteiger partial charge in [0.2, 0.25) is 5.91 Å². The number of hydrogen-bond acceptors (Lipinski definition) is 3. The lowest BCUT2D eigenvalue weighted by Crippen LogP contribution is -2.51. The average Bonchev–Trinajstić information content (AvgIpc) is 2.78. The van der Waals surface area contributed by atoms with Crippen molar-refractivity contribution in [3.05, 3.63) is 63.9 Å². The zero-order valence-corrected chi connectivity index (χ0v) is 19.5. The molecule has 1 N–H and O–H groups in total. The molecule has 0 bridgehead atoms. The normalized spacial score (nSPS) is 15.1. The number of hydrogen-bond donors (Lipinski definition) is 1. The van der Waals surface area contributed by atoms with Crippen molar-refractivity contribution in [3.63, 3.8) is 0 Å². The molecular weight excluding hydrogens is 454 g/mol. The number of carbonyl (C=O) groups is 2. The van der Waals surface area contributed by atoms with Crippen LogP contribution in [0.2, 0.25) is 10.0 Å². The van der Waals surface area contributed by atoms with Gasteiger partial charge in [0.05, 0.1) is 5.02 Å². The third-order valence-electron chi connectivity index (χ3n) is 5.63. The van der Waals surface area contributed by atoms with Crippen molar-refractivity contribution in [3.8, 4) is 5.75 Å². The van der Waals surface area contributed by atoms with Gasteiger partial charge >= 0.3 is 0 Å². The van der Waals surface area contributed by atoms with Crippen LogP contribution in [0.15, 0.2) is 42.5 Å². The first-order chi connectivity index (χ1) is 15.3. The predicted molar refractivity (Wildman–Crippen MR) is 123 cm³/mol. The zero-order valence-electron chi connectivity index (χ0n) is 18.0. The number of carbonyl (C=O) groups excluding carboxylic acids is 2. The van der Waals surface area contributed by atoms with E-state index in [9.17, 15) is 14.0 Å². The fraction of sp³-hybridized carbons (Fsp3) is 0.417. The minimum Gasteiger partial charge on any atom is -0.482 e.